The molecule has 1 atom stereocenters. The molecule has 2 rings (SSSR count). The van der Waals surface area contributed by atoms with Gasteiger partial charge < -0.3 is 10.6 Å². The van der Waals surface area contributed by atoms with Gasteiger partial charge in [0.2, 0.25) is 5.91 Å². The SMILES string of the molecule is O=C1NCCCCC1Nc1cc(F)ccc1F. The maximum atomic E-state index is 13.4. The Labute approximate surface area is 98.2 Å². The third-order valence-electron chi connectivity index (χ3n) is 2.79. The minimum absolute atomic E-state index is 0.0343. The zero-order chi connectivity index (χ0) is 12.3. The van der Waals surface area contributed by atoms with E-state index in [1.807, 2.05) is 0 Å². The van der Waals surface area contributed by atoms with Crippen LogP contribution in [0.3, 0.4) is 0 Å². The number of rotatable bonds is 2. The van der Waals surface area contributed by atoms with Crippen LogP contribution in [-0.2, 0) is 4.79 Å². The van der Waals surface area contributed by atoms with E-state index in [0.717, 1.165) is 31.0 Å². The molecule has 5 heteroatoms. The van der Waals surface area contributed by atoms with Crippen LogP contribution in [0.2, 0.25) is 0 Å². The molecule has 17 heavy (non-hydrogen) atoms. The molecule has 0 radical (unpaired) electrons. The molecule has 0 aliphatic carbocycles. The van der Waals surface area contributed by atoms with Crippen molar-refractivity contribution < 1.29 is 13.6 Å². The summed E-state index contributed by atoms with van der Waals surface area (Å²) in [7, 11) is 0. The maximum absolute atomic E-state index is 13.4. The molecule has 1 saturated heterocycles. The highest BCUT2D eigenvalue weighted by molar-refractivity contribution is 5.84. The molecule has 0 aromatic heterocycles. The van der Waals surface area contributed by atoms with Gasteiger partial charge in [0.05, 0.1) is 5.69 Å². The monoisotopic (exact) mass is 240 g/mol. The van der Waals surface area contributed by atoms with Gasteiger partial charge in [-0.1, -0.05) is 0 Å². The normalized spacial score (nSPS) is 20.6. The summed E-state index contributed by atoms with van der Waals surface area (Å²) in [5.74, 6) is -1.24. The van der Waals surface area contributed by atoms with Crippen LogP contribution in [0.15, 0.2) is 18.2 Å². The third-order valence-corrected chi connectivity index (χ3v) is 2.79. The first-order valence-corrected chi connectivity index (χ1v) is 5.66. The smallest absolute Gasteiger partial charge is 0.242 e. The highest BCUT2D eigenvalue weighted by Crippen LogP contribution is 2.18. The van der Waals surface area contributed by atoms with E-state index in [4.69, 9.17) is 0 Å². The number of carbonyl (C=O) groups is 1. The Balaban J connectivity index is 2.13. The van der Waals surface area contributed by atoms with Gasteiger partial charge in [-0.2, -0.15) is 0 Å². The van der Waals surface area contributed by atoms with Crippen LogP contribution >= 0.6 is 0 Å². The van der Waals surface area contributed by atoms with Gasteiger partial charge in [0.25, 0.3) is 0 Å². The van der Waals surface area contributed by atoms with E-state index in [1.165, 1.54) is 0 Å². The summed E-state index contributed by atoms with van der Waals surface area (Å²) in [5.41, 5.74) is 0.0343. The second-order valence-corrected chi connectivity index (χ2v) is 4.11. The number of hydrogen-bond acceptors (Lipinski definition) is 2. The van der Waals surface area contributed by atoms with Crippen molar-refractivity contribution in [3.63, 3.8) is 0 Å². The van der Waals surface area contributed by atoms with Crippen molar-refractivity contribution in [1.82, 2.24) is 5.32 Å². The standard InChI is InChI=1S/C12H14F2N2O/c13-8-4-5-9(14)11(7-8)16-10-3-1-2-6-15-12(10)17/h4-5,7,10,16H,1-3,6H2,(H,15,17). The minimum Gasteiger partial charge on any atom is -0.371 e. The molecule has 1 aromatic carbocycles. The zero-order valence-electron chi connectivity index (χ0n) is 9.30. The number of hydrogen-bond donors (Lipinski definition) is 2. The lowest BCUT2D eigenvalue weighted by Gasteiger charge is -2.16. The first-order chi connectivity index (χ1) is 8.16. The summed E-state index contributed by atoms with van der Waals surface area (Å²) in [4.78, 5) is 11.6. The highest BCUT2D eigenvalue weighted by Gasteiger charge is 2.21. The fourth-order valence-electron chi connectivity index (χ4n) is 1.87. The maximum Gasteiger partial charge on any atom is 0.242 e. The first-order valence-electron chi connectivity index (χ1n) is 5.66. The Morgan fingerprint density at radius 2 is 2.12 bits per heavy atom. The molecule has 3 nitrogen and oxygen atoms in total. The summed E-state index contributed by atoms with van der Waals surface area (Å²) in [6.45, 7) is 0.642. The molecule has 92 valence electrons. The van der Waals surface area contributed by atoms with Crippen molar-refractivity contribution in [2.45, 2.75) is 25.3 Å². The molecule has 1 aliphatic heterocycles. The molecular weight excluding hydrogens is 226 g/mol. The fraction of sp³-hybridized carbons (Fsp3) is 0.417. The van der Waals surface area contributed by atoms with E-state index >= 15 is 0 Å². The third kappa shape index (κ3) is 2.93. The lowest BCUT2D eigenvalue weighted by molar-refractivity contribution is -0.121. The zero-order valence-corrected chi connectivity index (χ0v) is 9.30. The number of benzene rings is 1. The molecule has 1 amide bonds. The molecule has 1 heterocycles. The summed E-state index contributed by atoms with van der Waals surface area (Å²) in [5, 5.41) is 5.48. The van der Waals surface area contributed by atoms with Gasteiger partial charge in [-0.25, -0.2) is 8.78 Å². The van der Waals surface area contributed by atoms with E-state index in [9.17, 15) is 13.6 Å². The van der Waals surface area contributed by atoms with Gasteiger partial charge in [-0.3, -0.25) is 4.79 Å². The topological polar surface area (TPSA) is 41.1 Å². The van der Waals surface area contributed by atoms with Crippen LogP contribution in [0.5, 0.6) is 0 Å². The molecule has 1 aromatic rings. The van der Waals surface area contributed by atoms with Crippen LogP contribution in [0.4, 0.5) is 14.5 Å². The Hall–Kier alpha value is -1.65. The van der Waals surface area contributed by atoms with Crippen molar-refractivity contribution in [2.75, 3.05) is 11.9 Å². The molecule has 1 fully saturated rings. The van der Waals surface area contributed by atoms with Crippen LogP contribution in [-0.4, -0.2) is 18.5 Å². The molecule has 0 bridgehead atoms. The van der Waals surface area contributed by atoms with E-state index in [0.29, 0.717) is 13.0 Å². The first kappa shape index (κ1) is 11.8. The van der Waals surface area contributed by atoms with Crippen molar-refractivity contribution in [3.05, 3.63) is 29.8 Å². The van der Waals surface area contributed by atoms with E-state index < -0.39 is 17.7 Å². The quantitative estimate of drug-likeness (QED) is 0.830. The highest BCUT2D eigenvalue weighted by atomic mass is 19.1. The van der Waals surface area contributed by atoms with Gasteiger partial charge in [-0.15, -0.1) is 0 Å². The summed E-state index contributed by atoms with van der Waals surface area (Å²) in [6.07, 6.45) is 2.42. The molecule has 1 aliphatic rings. The number of nitrogens with one attached hydrogen (secondary N) is 2. The Morgan fingerprint density at radius 1 is 1.29 bits per heavy atom. The van der Waals surface area contributed by atoms with Crippen LogP contribution in [0.25, 0.3) is 0 Å². The number of anilines is 1. The predicted molar refractivity (Wildman–Crippen MR) is 60.6 cm³/mol. The second-order valence-electron chi connectivity index (χ2n) is 4.11. The van der Waals surface area contributed by atoms with Crippen molar-refractivity contribution in [2.24, 2.45) is 0 Å². The lowest BCUT2D eigenvalue weighted by Crippen LogP contribution is -2.38. The Morgan fingerprint density at radius 3 is 2.94 bits per heavy atom. The summed E-state index contributed by atoms with van der Waals surface area (Å²) < 4.78 is 26.4. The predicted octanol–water partition coefficient (Wildman–Crippen LogP) is 2.05. The van der Waals surface area contributed by atoms with Crippen molar-refractivity contribution >= 4 is 11.6 Å². The van der Waals surface area contributed by atoms with Crippen LogP contribution in [0, 0.1) is 11.6 Å². The lowest BCUT2D eigenvalue weighted by atomic mass is 10.1. The average Bonchev–Trinajstić information content (AvgIpc) is 2.50. The number of carbonyl (C=O) groups excluding carboxylic acids is 1. The van der Waals surface area contributed by atoms with Gasteiger partial charge in [-0.05, 0) is 37.5 Å². The van der Waals surface area contributed by atoms with Gasteiger partial charge >= 0.3 is 0 Å². The van der Waals surface area contributed by atoms with E-state index in [-0.39, 0.29) is 11.6 Å². The Kier molecular flexibility index (Phi) is 3.56. The van der Waals surface area contributed by atoms with Crippen molar-refractivity contribution in [1.29, 1.82) is 0 Å². The van der Waals surface area contributed by atoms with E-state index in [2.05, 4.69) is 10.6 Å². The molecular formula is C12H14F2N2O. The summed E-state index contributed by atoms with van der Waals surface area (Å²) >= 11 is 0. The largest absolute Gasteiger partial charge is 0.371 e. The summed E-state index contributed by atoms with van der Waals surface area (Å²) in [6, 6.07) is 2.67. The second kappa shape index (κ2) is 5.12. The number of halogens is 2. The molecule has 2 N–H and O–H groups in total. The van der Waals surface area contributed by atoms with Crippen LogP contribution < -0.4 is 10.6 Å². The van der Waals surface area contributed by atoms with Gasteiger partial charge in [0.15, 0.2) is 0 Å². The number of amides is 1. The van der Waals surface area contributed by atoms with E-state index in [1.54, 1.807) is 0 Å². The fourth-order valence-corrected chi connectivity index (χ4v) is 1.87. The van der Waals surface area contributed by atoms with Crippen molar-refractivity contribution in [3.8, 4) is 0 Å². The average molecular weight is 240 g/mol. The molecule has 1 unspecified atom stereocenters. The Bertz CT molecular complexity index is 423. The van der Waals surface area contributed by atoms with Gasteiger partial charge in [0.1, 0.15) is 17.7 Å². The molecule has 0 saturated carbocycles. The van der Waals surface area contributed by atoms with Crippen LogP contribution in [0.1, 0.15) is 19.3 Å². The van der Waals surface area contributed by atoms with Gasteiger partial charge in [0, 0.05) is 6.54 Å². The minimum atomic E-state index is -0.552. The molecule has 0 spiro atoms.